The molecule has 6 nitrogen and oxygen atoms in total. The second-order valence-electron chi connectivity index (χ2n) is 5.84. The van der Waals surface area contributed by atoms with Crippen LogP contribution in [0.5, 0.6) is 0 Å². The minimum Gasteiger partial charge on any atom is -0.458 e. The molecule has 0 aliphatic rings. The second kappa shape index (κ2) is 12.4. The minimum absolute atomic E-state index is 0.0691. The molecule has 0 aliphatic carbocycles. The van der Waals surface area contributed by atoms with E-state index < -0.39 is 24.1 Å². The van der Waals surface area contributed by atoms with E-state index in [2.05, 4.69) is 6.92 Å². The van der Waals surface area contributed by atoms with Gasteiger partial charge in [0.25, 0.3) is 0 Å². The molecule has 0 saturated heterocycles. The zero-order valence-corrected chi connectivity index (χ0v) is 15.1. The van der Waals surface area contributed by atoms with Crippen LogP contribution in [0.25, 0.3) is 0 Å². The highest BCUT2D eigenvalue weighted by Crippen LogP contribution is 2.11. The van der Waals surface area contributed by atoms with Crippen molar-refractivity contribution in [2.45, 2.75) is 64.8 Å². The summed E-state index contributed by atoms with van der Waals surface area (Å²) in [4.78, 5) is 24.1. The molecule has 2 N–H and O–H groups in total. The van der Waals surface area contributed by atoms with Crippen LogP contribution in [-0.2, 0) is 30.4 Å². The zero-order chi connectivity index (χ0) is 18.5. The van der Waals surface area contributed by atoms with Crippen molar-refractivity contribution in [1.29, 1.82) is 0 Å². The van der Waals surface area contributed by atoms with E-state index >= 15 is 0 Å². The number of hydrogen-bond acceptors (Lipinski definition) is 6. The van der Waals surface area contributed by atoms with Crippen LogP contribution < -0.4 is 5.73 Å². The minimum atomic E-state index is -0.990. The number of rotatable bonds is 12. The molecule has 0 spiro atoms. The summed E-state index contributed by atoms with van der Waals surface area (Å²) < 4.78 is 15.6. The van der Waals surface area contributed by atoms with Crippen LogP contribution in [0.1, 0.15) is 51.5 Å². The molecule has 0 radical (unpaired) electrons. The van der Waals surface area contributed by atoms with Crippen LogP contribution in [0, 0.1) is 0 Å². The fourth-order valence-electron chi connectivity index (χ4n) is 2.29. The number of ether oxygens (including phenoxy) is 3. The maximum atomic E-state index is 12.2. The number of nitrogens with two attached hydrogens (primary N) is 1. The molecule has 0 aromatic heterocycles. The van der Waals surface area contributed by atoms with E-state index in [0.717, 1.165) is 31.2 Å². The van der Waals surface area contributed by atoms with E-state index in [9.17, 15) is 9.59 Å². The highest BCUT2D eigenvalue weighted by Gasteiger charge is 2.26. The lowest BCUT2D eigenvalue weighted by Gasteiger charge is -2.18. The molecule has 0 saturated carbocycles. The molecule has 0 bridgehead atoms. The number of unbranched alkanes of at least 4 members (excludes halogenated alkanes) is 3. The molecule has 0 amide bonds. The van der Waals surface area contributed by atoms with Gasteiger partial charge >= 0.3 is 11.9 Å². The fourth-order valence-corrected chi connectivity index (χ4v) is 2.29. The molecule has 0 aliphatic heterocycles. The van der Waals surface area contributed by atoms with Gasteiger partial charge in [-0.15, -0.1) is 0 Å². The van der Waals surface area contributed by atoms with Crippen LogP contribution in [0.4, 0.5) is 0 Å². The zero-order valence-electron chi connectivity index (χ0n) is 15.1. The van der Waals surface area contributed by atoms with Gasteiger partial charge in [-0.25, -0.2) is 9.59 Å². The van der Waals surface area contributed by atoms with Crippen LogP contribution in [0.15, 0.2) is 30.3 Å². The Balaban J connectivity index is 2.41. The standard InChI is InChI=1S/C19H29NO5/c1-3-4-5-9-12-17(24-14-20)19(22)25-15(2)18(21)23-13-16-10-7-6-8-11-16/h6-8,10-11,15,17H,3-5,9,12-14,20H2,1-2H3. The first kappa shape index (κ1) is 21.1. The average molecular weight is 351 g/mol. The van der Waals surface area contributed by atoms with Crippen LogP contribution >= 0.6 is 0 Å². The molecule has 6 heteroatoms. The Labute approximate surface area is 149 Å². The summed E-state index contributed by atoms with van der Waals surface area (Å²) in [6, 6.07) is 9.31. The fraction of sp³-hybridized carbons (Fsp3) is 0.579. The number of esters is 2. The van der Waals surface area contributed by atoms with Crippen molar-refractivity contribution in [1.82, 2.24) is 0 Å². The van der Waals surface area contributed by atoms with Crippen molar-refractivity contribution in [3.05, 3.63) is 35.9 Å². The van der Waals surface area contributed by atoms with Gasteiger partial charge in [-0.2, -0.15) is 0 Å². The molecule has 0 fully saturated rings. The number of carbonyl (C=O) groups is 2. The molecular formula is C19H29NO5. The van der Waals surface area contributed by atoms with Crippen molar-refractivity contribution in [3.8, 4) is 0 Å². The predicted molar refractivity (Wildman–Crippen MR) is 94.5 cm³/mol. The first-order chi connectivity index (χ1) is 12.1. The van der Waals surface area contributed by atoms with Crippen LogP contribution in [0.2, 0.25) is 0 Å². The Kier molecular flexibility index (Phi) is 10.5. The van der Waals surface area contributed by atoms with Gasteiger partial charge in [-0.05, 0) is 18.9 Å². The summed E-state index contributed by atoms with van der Waals surface area (Å²) in [5.74, 6) is -1.17. The number of carbonyl (C=O) groups excluding carboxylic acids is 2. The molecule has 140 valence electrons. The molecule has 0 heterocycles. The molecule has 25 heavy (non-hydrogen) atoms. The molecule has 1 aromatic carbocycles. The van der Waals surface area contributed by atoms with E-state index in [1.54, 1.807) is 0 Å². The molecule has 1 rings (SSSR count). The molecule has 1 aromatic rings. The van der Waals surface area contributed by atoms with Crippen molar-refractivity contribution in [2.75, 3.05) is 6.73 Å². The third kappa shape index (κ3) is 8.65. The van der Waals surface area contributed by atoms with Gasteiger partial charge in [0.15, 0.2) is 12.2 Å². The SMILES string of the molecule is CCCCCCC(OCN)C(=O)OC(C)C(=O)OCc1ccccc1. The third-order valence-electron chi connectivity index (χ3n) is 3.73. The Morgan fingerprint density at radius 2 is 1.80 bits per heavy atom. The van der Waals surface area contributed by atoms with Gasteiger partial charge in [-0.3, -0.25) is 0 Å². The molecular weight excluding hydrogens is 322 g/mol. The van der Waals surface area contributed by atoms with Crippen LogP contribution in [-0.4, -0.2) is 30.9 Å². The van der Waals surface area contributed by atoms with Crippen molar-refractivity contribution >= 4 is 11.9 Å². The lowest BCUT2D eigenvalue weighted by atomic mass is 10.1. The predicted octanol–water partition coefficient (Wildman–Crippen LogP) is 2.93. The van der Waals surface area contributed by atoms with Crippen molar-refractivity contribution < 1.29 is 23.8 Å². The average Bonchev–Trinajstić information content (AvgIpc) is 2.63. The quantitative estimate of drug-likeness (QED) is 0.354. The third-order valence-corrected chi connectivity index (χ3v) is 3.73. The summed E-state index contributed by atoms with van der Waals surface area (Å²) in [5.41, 5.74) is 6.25. The highest BCUT2D eigenvalue weighted by atomic mass is 16.6. The summed E-state index contributed by atoms with van der Waals surface area (Å²) in [6.45, 7) is 3.67. The van der Waals surface area contributed by atoms with Crippen molar-refractivity contribution in [3.63, 3.8) is 0 Å². The summed E-state index contributed by atoms with van der Waals surface area (Å²) in [6.07, 6.45) is 2.87. The normalized spacial score (nSPS) is 13.1. The lowest BCUT2D eigenvalue weighted by molar-refractivity contribution is -0.175. The summed E-state index contributed by atoms with van der Waals surface area (Å²) in [7, 11) is 0. The Morgan fingerprint density at radius 1 is 1.08 bits per heavy atom. The maximum absolute atomic E-state index is 12.2. The summed E-state index contributed by atoms with van der Waals surface area (Å²) in [5, 5.41) is 0. The van der Waals surface area contributed by atoms with E-state index in [1.807, 2.05) is 30.3 Å². The highest BCUT2D eigenvalue weighted by molar-refractivity contribution is 5.81. The van der Waals surface area contributed by atoms with Gasteiger partial charge in [0.1, 0.15) is 6.61 Å². The van der Waals surface area contributed by atoms with Gasteiger partial charge < -0.3 is 19.9 Å². The largest absolute Gasteiger partial charge is 0.458 e. The molecule has 2 atom stereocenters. The molecule has 2 unspecified atom stereocenters. The number of benzene rings is 1. The van der Waals surface area contributed by atoms with Gasteiger partial charge in [0, 0.05) is 0 Å². The van der Waals surface area contributed by atoms with Gasteiger partial charge in [0.05, 0.1) is 6.73 Å². The van der Waals surface area contributed by atoms with E-state index in [1.165, 1.54) is 6.92 Å². The lowest BCUT2D eigenvalue weighted by Crippen LogP contribution is -2.34. The Hall–Kier alpha value is -1.92. The van der Waals surface area contributed by atoms with E-state index in [4.69, 9.17) is 19.9 Å². The van der Waals surface area contributed by atoms with Gasteiger partial charge in [0.2, 0.25) is 0 Å². The van der Waals surface area contributed by atoms with Crippen LogP contribution in [0.3, 0.4) is 0 Å². The monoisotopic (exact) mass is 351 g/mol. The smallest absolute Gasteiger partial charge is 0.347 e. The van der Waals surface area contributed by atoms with E-state index in [0.29, 0.717) is 6.42 Å². The van der Waals surface area contributed by atoms with Gasteiger partial charge in [-0.1, -0.05) is 62.9 Å². The first-order valence-corrected chi connectivity index (χ1v) is 8.81. The maximum Gasteiger partial charge on any atom is 0.347 e. The topological polar surface area (TPSA) is 87.9 Å². The summed E-state index contributed by atoms with van der Waals surface area (Å²) >= 11 is 0. The second-order valence-corrected chi connectivity index (χ2v) is 5.84. The van der Waals surface area contributed by atoms with E-state index in [-0.39, 0.29) is 13.3 Å². The number of hydrogen-bond donors (Lipinski definition) is 1. The Morgan fingerprint density at radius 3 is 2.44 bits per heavy atom. The first-order valence-electron chi connectivity index (χ1n) is 8.81. The van der Waals surface area contributed by atoms with Crippen molar-refractivity contribution in [2.24, 2.45) is 5.73 Å². The Bertz CT molecular complexity index is 506.